The standard InChI is InChI=1S/C61H115NO10/c1-3-5-7-9-11-13-14-15-16-17-18-19-20-21-22-23-24-25-26-27-28-29-30-31-32-33-34-35-36-37-38-39-41-43-45-47-49-54(65)60(70)62-52(51-71-61-59(69)58(68)57(67)55(50-63)72-61)56(66)53(64)48-46-44-42-40-12-10-8-6-4-2/h22-23,25-26,40,42,52-59,61,63-69H,3-21,24,27-39,41,43-51H2,1-2H3,(H,62,70)/b23-22-,26-25-,42-40+. The molecule has 0 saturated carbocycles. The zero-order chi connectivity index (χ0) is 52.5. The normalized spacial score (nSPS) is 20.3. The van der Waals surface area contributed by atoms with Crippen molar-refractivity contribution in [2.75, 3.05) is 13.2 Å². The largest absolute Gasteiger partial charge is 0.394 e. The Morgan fingerprint density at radius 1 is 0.486 bits per heavy atom. The van der Waals surface area contributed by atoms with Crippen LogP contribution in [-0.2, 0) is 14.3 Å². The van der Waals surface area contributed by atoms with Crippen LogP contribution in [0.2, 0.25) is 0 Å². The smallest absolute Gasteiger partial charge is 0.249 e. The maximum Gasteiger partial charge on any atom is 0.249 e. The summed E-state index contributed by atoms with van der Waals surface area (Å²) in [6.07, 6.45) is 51.2. The van der Waals surface area contributed by atoms with E-state index in [4.69, 9.17) is 9.47 Å². The van der Waals surface area contributed by atoms with Crippen molar-refractivity contribution < 1.29 is 50.0 Å². The number of carbonyl (C=O) groups excluding carboxylic acids is 1. The zero-order valence-electron chi connectivity index (χ0n) is 46.4. The van der Waals surface area contributed by atoms with Crippen molar-refractivity contribution in [3.63, 3.8) is 0 Å². The second-order valence-corrected chi connectivity index (χ2v) is 21.4. The lowest BCUT2D eigenvalue weighted by atomic mass is 9.98. The summed E-state index contributed by atoms with van der Waals surface area (Å²) < 4.78 is 11.1. The molecule has 424 valence electrons. The van der Waals surface area contributed by atoms with Gasteiger partial charge in [0.1, 0.15) is 36.6 Å². The molecule has 1 rings (SSSR count). The van der Waals surface area contributed by atoms with Gasteiger partial charge in [-0.15, -0.1) is 0 Å². The molecule has 1 amide bonds. The Labute approximate surface area is 441 Å². The minimum absolute atomic E-state index is 0.255. The third-order valence-electron chi connectivity index (χ3n) is 14.7. The van der Waals surface area contributed by atoms with Crippen molar-refractivity contribution >= 4 is 5.91 Å². The van der Waals surface area contributed by atoms with E-state index in [0.717, 1.165) is 44.9 Å². The lowest BCUT2D eigenvalue weighted by Gasteiger charge is -2.40. The number of rotatable bonds is 52. The van der Waals surface area contributed by atoms with Crippen LogP contribution in [-0.4, -0.2) is 110 Å². The van der Waals surface area contributed by atoms with E-state index in [1.165, 1.54) is 193 Å². The van der Waals surface area contributed by atoms with Gasteiger partial charge in [-0.05, 0) is 70.6 Å². The summed E-state index contributed by atoms with van der Waals surface area (Å²) in [7, 11) is 0. The van der Waals surface area contributed by atoms with Crippen LogP contribution in [0.3, 0.4) is 0 Å². The number of nitrogens with one attached hydrogen (secondary N) is 1. The summed E-state index contributed by atoms with van der Waals surface area (Å²) in [5.74, 6) is -0.707. The Bertz CT molecular complexity index is 1260. The number of hydrogen-bond donors (Lipinski definition) is 8. The molecule has 0 aromatic heterocycles. The molecular formula is C61H115NO10. The molecule has 0 spiro atoms. The average Bonchev–Trinajstić information content (AvgIpc) is 3.38. The summed E-state index contributed by atoms with van der Waals surface area (Å²) in [5, 5.41) is 75.7. The van der Waals surface area contributed by atoms with Gasteiger partial charge in [0.15, 0.2) is 6.29 Å². The molecule has 1 aliphatic heterocycles. The number of hydrogen-bond acceptors (Lipinski definition) is 10. The quantitative estimate of drug-likeness (QED) is 0.0215. The van der Waals surface area contributed by atoms with Crippen LogP contribution in [0.4, 0.5) is 0 Å². The zero-order valence-corrected chi connectivity index (χ0v) is 46.4. The third-order valence-corrected chi connectivity index (χ3v) is 14.7. The van der Waals surface area contributed by atoms with Gasteiger partial charge in [0.25, 0.3) is 0 Å². The molecular weight excluding hydrogens is 907 g/mol. The molecule has 11 nitrogen and oxygen atoms in total. The molecule has 1 heterocycles. The number of carbonyl (C=O) groups is 1. The molecule has 1 saturated heterocycles. The fourth-order valence-corrected chi connectivity index (χ4v) is 9.71. The predicted molar refractivity (Wildman–Crippen MR) is 298 cm³/mol. The van der Waals surface area contributed by atoms with Crippen molar-refractivity contribution in [3.8, 4) is 0 Å². The lowest BCUT2D eigenvalue weighted by Crippen LogP contribution is -2.60. The number of ether oxygens (including phenoxy) is 2. The summed E-state index contributed by atoms with van der Waals surface area (Å²) in [6, 6.07) is -1.18. The molecule has 9 atom stereocenters. The fourth-order valence-electron chi connectivity index (χ4n) is 9.71. The van der Waals surface area contributed by atoms with E-state index in [9.17, 15) is 40.5 Å². The molecule has 1 fully saturated rings. The highest BCUT2D eigenvalue weighted by molar-refractivity contribution is 5.80. The topological polar surface area (TPSA) is 189 Å². The van der Waals surface area contributed by atoms with Gasteiger partial charge in [-0.2, -0.15) is 0 Å². The average molecular weight is 1020 g/mol. The van der Waals surface area contributed by atoms with Gasteiger partial charge < -0.3 is 50.5 Å². The van der Waals surface area contributed by atoms with Crippen LogP contribution < -0.4 is 5.32 Å². The van der Waals surface area contributed by atoms with Crippen LogP contribution in [0, 0.1) is 0 Å². The first kappa shape index (κ1) is 68.3. The first-order valence-corrected chi connectivity index (χ1v) is 30.4. The molecule has 8 N–H and O–H groups in total. The summed E-state index contributed by atoms with van der Waals surface area (Å²) in [4.78, 5) is 13.1. The highest BCUT2D eigenvalue weighted by Gasteiger charge is 2.44. The van der Waals surface area contributed by atoms with Crippen molar-refractivity contribution in [3.05, 3.63) is 36.5 Å². The molecule has 1 aliphatic rings. The summed E-state index contributed by atoms with van der Waals surface area (Å²) in [5.41, 5.74) is 0. The first-order chi connectivity index (χ1) is 35.2. The molecule has 9 unspecified atom stereocenters. The van der Waals surface area contributed by atoms with Crippen LogP contribution in [0.15, 0.2) is 36.5 Å². The van der Waals surface area contributed by atoms with E-state index in [2.05, 4.69) is 55.6 Å². The molecule has 0 bridgehead atoms. The van der Waals surface area contributed by atoms with Crippen LogP contribution in [0.1, 0.15) is 277 Å². The third kappa shape index (κ3) is 38.0. The van der Waals surface area contributed by atoms with E-state index in [0.29, 0.717) is 12.8 Å². The number of amides is 1. The van der Waals surface area contributed by atoms with E-state index < -0.39 is 74.2 Å². The molecule has 0 aromatic carbocycles. The minimum Gasteiger partial charge on any atom is -0.394 e. The maximum absolute atomic E-state index is 13.1. The van der Waals surface area contributed by atoms with Gasteiger partial charge in [-0.1, -0.05) is 243 Å². The maximum atomic E-state index is 13.1. The Kier molecular flexibility index (Phi) is 47.6. The Morgan fingerprint density at radius 2 is 0.861 bits per heavy atom. The summed E-state index contributed by atoms with van der Waals surface area (Å²) in [6.45, 7) is 3.40. The molecule has 11 heteroatoms. The van der Waals surface area contributed by atoms with Crippen LogP contribution in [0.5, 0.6) is 0 Å². The van der Waals surface area contributed by atoms with E-state index >= 15 is 0 Å². The van der Waals surface area contributed by atoms with E-state index in [-0.39, 0.29) is 12.8 Å². The lowest BCUT2D eigenvalue weighted by molar-refractivity contribution is -0.303. The second kappa shape index (κ2) is 50.2. The fraction of sp³-hybridized carbons (Fsp3) is 0.885. The molecule has 72 heavy (non-hydrogen) atoms. The minimum atomic E-state index is -1.67. The van der Waals surface area contributed by atoms with Crippen molar-refractivity contribution in [2.24, 2.45) is 0 Å². The monoisotopic (exact) mass is 1020 g/mol. The molecule has 0 aliphatic carbocycles. The molecule has 0 radical (unpaired) electrons. The van der Waals surface area contributed by atoms with Crippen LogP contribution >= 0.6 is 0 Å². The number of allylic oxidation sites excluding steroid dienone is 6. The van der Waals surface area contributed by atoms with Gasteiger partial charge in [-0.25, -0.2) is 0 Å². The summed E-state index contributed by atoms with van der Waals surface area (Å²) >= 11 is 0. The van der Waals surface area contributed by atoms with Gasteiger partial charge >= 0.3 is 0 Å². The van der Waals surface area contributed by atoms with Crippen LogP contribution in [0.25, 0.3) is 0 Å². The number of aliphatic hydroxyl groups excluding tert-OH is 7. The molecule has 0 aromatic rings. The predicted octanol–water partition coefficient (Wildman–Crippen LogP) is 13.1. The van der Waals surface area contributed by atoms with Gasteiger partial charge in [-0.3, -0.25) is 4.79 Å². The Morgan fingerprint density at radius 3 is 1.29 bits per heavy atom. The number of aliphatic hydroxyl groups is 7. The first-order valence-electron chi connectivity index (χ1n) is 30.4. The van der Waals surface area contributed by atoms with Gasteiger partial charge in [0, 0.05) is 0 Å². The SMILES string of the molecule is CCCCCC/C=C/CCCC(O)C(O)C(COC1OC(CO)C(O)C(O)C1O)NC(=O)C(O)CCCCCCCCCCCCCCCCCC/C=C\C/C=C\CCCCCCCCCCCCCCC. The Hall–Kier alpha value is -1.67. The van der Waals surface area contributed by atoms with E-state index in [1.807, 2.05) is 0 Å². The Balaban J connectivity index is 2.11. The van der Waals surface area contributed by atoms with Crippen molar-refractivity contribution in [1.29, 1.82) is 0 Å². The van der Waals surface area contributed by atoms with E-state index in [1.54, 1.807) is 0 Å². The highest BCUT2D eigenvalue weighted by atomic mass is 16.7. The van der Waals surface area contributed by atoms with Crippen molar-refractivity contribution in [2.45, 2.75) is 332 Å². The highest BCUT2D eigenvalue weighted by Crippen LogP contribution is 2.23. The second-order valence-electron chi connectivity index (χ2n) is 21.4. The number of unbranched alkanes of at least 4 members (excludes halogenated alkanes) is 34. The van der Waals surface area contributed by atoms with Gasteiger partial charge in [0.2, 0.25) is 5.91 Å². The van der Waals surface area contributed by atoms with Gasteiger partial charge in [0.05, 0.1) is 25.4 Å². The van der Waals surface area contributed by atoms with Crippen molar-refractivity contribution in [1.82, 2.24) is 5.32 Å².